The van der Waals surface area contributed by atoms with Gasteiger partial charge in [-0.1, -0.05) is 54.6 Å². The van der Waals surface area contributed by atoms with Crippen LogP contribution >= 0.6 is 11.6 Å². The van der Waals surface area contributed by atoms with Gasteiger partial charge >= 0.3 is 11.4 Å². The van der Waals surface area contributed by atoms with Gasteiger partial charge < -0.3 is 9.14 Å². The molecule has 0 bridgehead atoms. The third-order valence-electron chi connectivity index (χ3n) is 4.63. The molecule has 4 rings (SSSR count). The molecule has 0 saturated carbocycles. The Bertz CT molecular complexity index is 1180. The molecule has 0 aliphatic carbocycles. The maximum atomic E-state index is 14.6. The molecular weight excluding hydrogens is 384 g/mol. The topological polar surface area (TPSA) is 30.7 Å². The van der Waals surface area contributed by atoms with Crippen LogP contribution in [0.15, 0.2) is 66.9 Å². The minimum absolute atomic E-state index is 0.0644. The first-order valence-corrected chi connectivity index (χ1v) is 9.16. The van der Waals surface area contributed by atoms with Gasteiger partial charge in [-0.05, 0) is 35.5 Å². The second-order valence-electron chi connectivity index (χ2n) is 6.30. The number of hydrogen-bond acceptors (Lipinski definition) is 2. The summed E-state index contributed by atoms with van der Waals surface area (Å²) in [6, 6.07) is 17.8. The van der Waals surface area contributed by atoms with Crippen LogP contribution < -0.4 is 0 Å². The second-order valence-corrected chi connectivity index (χ2v) is 6.78. The van der Waals surface area contributed by atoms with Crippen molar-refractivity contribution in [2.45, 2.75) is 12.3 Å². The molecule has 0 aliphatic rings. The van der Waals surface area contributed by atoms with Gasteiger partial charge in [-0.25, -0.2) is 4.79 Å². The van der Waals surface area contributed by atoms with Crippen molar-refractivity contribution in [1.82, 2.24) is 4.40 Å². The number of fused-ring (bicyclic) bond motifs is 3. The van der Waals surface area contributed by atoms with Crippen molar-refractivity contribution in [3.63, 3.8) is 0 Å². The van der Waals surface area contributed by atoms with Gasteiger partial charge in [0.2, 0.25) is 0 Å². The van der Waals surface area contributed by atoms with Crippen molar-refractivity contribution >= 4 is 33.9 Å². The minimum Gasteiger partial charge on any atom is -0.462 e. The number of ether oxygens (including phenoxy) is 1. The van der Waals surface area contributed by atoms with E-state index in [4.69, 9.17) is 16.3 Å². The number of nitrogens with zero attached hydrogens (tertiary/aromatic N) is 1. The molecule has 28 heavy (non-hydrogen) atoms. The number of halogens is 3. The van der Waals surface area contributed by atoms with Crippen LogP contribution in [0.25, 0.3) is 27.5 Å². The van der Waals surface area contributed by atoms with Crippen molar-refractivity contribution in [3.8, 4) is 11.3 Å². The quantitative estimate of drug-likeness (QED) is 0.301. The molecule has 0 fully saturated rings. The second kappa shape index (κ2) is 6.91. The van der Waals surface area contributed by atoms with E-state index >= 15 is 0 Å². The van der Waals surface area contributed by atoms with Crippen molar-refractivity contribution < 1.29 is 18.3 Å². The van der Waals surface area contributed by atoms with E-state index in [9.17, 15) is 13.6 Å². The van der Waals surface area contributed by atoms with Gasteiger partial charge in [0.25, 0.3) is 0 Å². The van der Waals surface area contributed by atoms with Gasteiger partial charge in [-0.3, -0.25) is 0 Å². The monoisotopic (exact) mass is 399 g/mol. The molecule has 4 aromatic rings. The highest BCUT2D eigenvalue weighted by atomic mass is 35.5. The van der Waals surface area contributed by atoms with E-state index in [1.807, 2.05) is 18.2 Å². The van der Waals surface area contributed by atoms with E-state index in [2.05, 4.69) is 0 Å². The number of rotatable bonds is 4. The number of esters is 1. The highest BCUT2D eigenvalue weighted by Crippen LogP contribution is 2.45. The maximum absolute atomic E-state index is 14.6. The lowest BCUT2D eigenvalue weighted by atomic mass is 10.0. The number of benzene rings is 2. The number of aromatic nitrogens is 1. The van der Waals surface area contributed by atoms with E-state index in [1.165, 1.54) is 0 Å². The molecule has 6 heteroatoms. The van der Waals surface area contributed by atoms with Crippen LogP contribution in [-0.4, -0.2) is 17.0 Å². The molecule has 0 N–H and O–H groups in total. The molecule has 0 aliphatic heterocycles. The summed E-state index contributed by atoms with van der Waals surface area (Å²) in [4.78, 5) is 12.8. The molecule has 3 nitrogen and oxygen atoms in total. The number of alkyl halides is 3. The normalized spacial score (nSPS) is 11.9. The molecule has 142 valence electrons. The summed E-state index contributed by atoms with van der Waals surface area (Å²) in [6.07, 6.45) is 1.68. The zero-order chi connectivity index (χ0) is 19.9. The van der Waals surface area contributed by atoms with E-state index in [-0.39, 0.29) is 17.9 Å². The van der Waals surface area contributed by atoms with Crippen LogP contribution in [0.1, 0.15) is 22.8 Å². The van der Waals surface area contributed by atoms with Crippen LogP contribution in [0, 0.1) is 0 Å². The highest BCUT2D eigenvalue weighted by molar-refractivity contribution is 6.24. The summed E-state index contributed by atoms with van der Waals surface area (Å²) in [7, 11) is 0. The Hall–Kier alpha value is -2.92. The lowest BCUT2D eigenvalue weighted by Crippen LogP contribution is -2.13. The molecule has 2 aromatic heterocycles. The largest absolute Gasteiger partial charge is 0.462 e. The van der Waals surface area contributed by atoms with E-state index < -0.39 is 16.9 Å². The van der Waals surface area contributed by atoms with E-state index in [0.717, 1.165) is 5.39 Å². The van der Waals surface area contributed by atoms with Gasteiger partial charge in [-0.2, -0.15) is 8.78 Å². The van der Waals surface area contributed by atoms with Gasteiger partial charge in [0, 0.05) is 11.6 Å². The number of pyridine rings is 1. The van der Waals surface area contributed by atoms with Crippen molar-refractivity contribution in [2.75, 3.05) is 6.61 Å². The van der Waals surface area contributed by atoms with Crippen molar-refractivity contribution in [3.05, 3.63) is 78.0 Å². The van der Waals surface area contributed by atoms with Gasteiger partial charge in [0.15, 0.2) is 0 Å². The third-order valence-corrected chi connectivity index (χ3v) is 4.82. The van der Waals surface area contributed by atoms with E-state index in [0.29, 0.717) is 16.5 Å². The third kappa shape index (κ3) is 2.92. The summed E-state index contributed by atoms with van der Waals surface area (Å²) < 4.78 is 36.0. The number of hydrogen-bond donors (Lipinski definition) is 0. The number of carbonyl (C=O) groups excluding carboxylic acids is 1. The van der Waals surface area contributed by atoms with Gasteiger partial charge in [-0.15, -0.1) is 0 Å². The fraction of sp³-hybridized carbons (Fsp3) is 0.136. The molecule has 0 spiro atoms. The minimum atomic E-state index is -3.76. The summed E-state index contributed by atoms with van der Waals surface area (Å²) in [5, 5.41) is -2.28. The average Bonchev–Trinajstić information content (AvgIpc) is 3.05. The zero-order valence-corrected chi connectivity index (χ0v) is 15.7. The molecule has 0 saturated heterocycles. The van der Waals surface area contributed by atoms with Gasteiger partial charge in [0.1, 0.15) is 0 Å². The first kappa shape index (κ1) is 18.4. The first-order valence-electron chi connectivity index (χ1n) is 8.79. The summed E-state index contributed by atoms with van der Waals surface area (Å²) >= 11 is 5.53. The van der Waals surface area contributed by atoms with Crippen LogP contribution in [-0.2, 0) is 10.1 Å². The Morgan fingerprint density at radius 3 is 2.43 bits per heavy atom. The van der Waals surface area contributed by atoms with Crippen LogP contribution in [0.5, 0.6) is 0 Å². The lowest BCUT2D eigenvalue weighted by molar-refractivity contribution is 0.0505. The predicted octanol–water partition coefficient (Wildman–Crippen LogP) is 6.22. The molecular formula is C22H16ClF2NO2. The lowest BCUT2D eigenvalue weighted by Gasteiger charge is -2.12. The molecule has 0 radical (unpaired) electrons. The molecule has 0 atom stereocenters. The molecule has 2 heterocycles. The summed E-state index contributed by atoms with van der Waals surface area (Å²) in [6.45, 7) is 1.69. The van der Waals surface area contributed by atoms with Crippen LogP contribution in [0.4, 0.5) is 8.78 Å². The molecule has 0 amide bonds. The molecule has 0 unspecified atom stereocenters. The summed E-state index contributed by atoms with van der Waals surface area (Å²) in [5.41, 5.74) is 0.293. The van der Waals surface area contributed by atoms with Crippen molar-refractivity contribution in [2.24, 2.45) is 0 Å². The standard InChI is InChI=1S/C22H16ClF2NO2/c1-2-28-21(27)17-18(22(23,24)25)19(15-9-4-3-5-10-15)26-13-12-14-8-6-7-11-16(14)20(17)26/h3-13H,2H2,1H3. The fourth-order valence-electron chi connectivity index (χ4n) is 3.57. The highest BCUT2D eigenvalue weighted by Gasteiger charge is 2.41. The first-order chi connectivity index (χ1) is 13.4. The Kier molecular flexibility index (Phi) is 4.55. The fourth-order valence-corrected chi connectivity index (χ4v) is 3.76. The summed E-state index contributed by atoms with van der Waals surface area (Å²) in [5.74, 6) is -0.825. The Morgan fingerprint density at radius 1 is 1.07 bits per heavy atom. The Labute approximate surface area is 165 Å². The molecule has 2 aromatic carbocycles. The van der Waals surface area contributed by atoms with Gasteiger partial charge in [0.05, 0.1) is 28.9 Å². The van der Waals surface area contributed by atoms with Crippen LogP contribution in [0.2, 0.25) is 0 Å². The zero-order valence-electron chi connectivity index (χ0n) is 15.0. The average molecular weight is 400 g/mol. The Morgan fingerprint density at radius 2 is 1.75 bits per heavy atom. The van der Waals surface area contributed by atoms with Crippen LogP contribution in [0.3, 0.4) is 0 Å². The van der Waals surface area contributed by atoms with Crippen molar-refractivity contribution in [1.29, 1.82) is 0 Å². The predicted molar refractivity (Wildman–Crippen MR) is 106 cm³/mol. The number of carbonyl (C=O) groups is 1. The SMILES string of the molecule is CCOC(=O)c1c(C(F)(F)Cl)c(-c2ccccc2)n2ccc3ccccc3c12. The smallest absolute Gasteiger partial charge is 0.351 e. The Balaban J connectivity index is 2.25. The maximum Gasteiger partial charge on any atom is 0.351 e. The van der Waals surface area contributed by atoms with E-state index in [1.54, 1.807) is 60.0 Å².